The number of aryl methyl sites for hydroxylation is 1. The molecule has 3 rings (SSSR count). The molecule has 2 aromatic carbocycles. The molecule has 31 heavy (non-hydrogen) atoms. The molecule has 1 aliphatic carbocycles. The molecule has 0 amide bonds. The van der Waals surface area contributed by atoms with Crippen LogP contribution in [-0.2, 0) is 52.7 Å². The van der Waals surface area contributed by atoms with Crippen molar-refractivity contribution in [2.75, 3.05) is 42.7 Å². The van der Waals surface area contributed by atoms with E-state index < -0.39 is 8.25 Å². The maximum Gasteiger partial charge on any atom is 0.318 e. The van der Waals surface area contributed by atoms with Gasteiger partial charge in [-0.2, -0.15) is 6.07 Å². The molecule has 0 atom stereocenters. The molecule has 0 saturated heterocycles. The minimum Gasteiger partial charge on any atom is -0.523 e. The van der Waals surface area contributed by atoms with E-state index >= 15 is 0 Å². The van der Waals surface area contributed by atoms with Gasteiger partial charge in [-0.15, -0.1) is 23.3 Å². The van der Waals surface area contributed by atoms with Crippen LogP contribution >= 0.6 is 8.25 Å². The molecule has 1 aliphatic rings. The number of methoxy groups -OCH3 is 4. The number of hydrogen-bond donors (Lipinski definition) is 0. The molecule has 0 heterocycles. The van der Waals surface area contributed by atoms with Crippen molar-refractivity contribution in [3.63, 3.8) is 0 Å². The molecule has 1 radical (unpaired) electrons. The van der Waals surface area contributed by atoms with Crippen LogP contribution < -0.4 is 18.9 Å². The number of ether oxygens (including phenoxy) is 4. The number of fused-ring (bicyclic) bond motifs is 1. The predicted molar refractivity (Wildman–Crippen MR) is 116 cm³/mol. The second kappa shape index (κ2) is 13.9. The molecule has 0 aromatic heterocycles. The van der Waals surface area contributed by atoms with Crippen LogP contribution in [0.15, 0.2) is 30.3 Å². The summed E-state index contributed by atoms with van der Waals surface area (Å²) in [6.45, 7) is 0. The van der Waals surface area contributed by atoms with E-state index in [2.05, 4.69) is 27.3 Å². The van der Waals surface area contributed by atoms with Gasteiger partial charge in [0.15, 0.2) is 11.5 Å². The molecule has 167 valence electrons. The second-order valence-electron chi connectivity index (χ2n) is 6.17. The third-order valence-corrected chi connectivity index (χ3v) is 5.26. The fourth-order valence-electron chi connectivity index (χ4n) is 3.16. The predicted octanol–water partition coefficient (Wildman–Crippen LogP) is 4.57. The topological polar surface area (TPSA) is 72.5 Å². The Labute approximate surface area is 209 Å². The van der Waals surface area contributed by atoms with Crippen LogP contribution in [0.5, 0.6) is 23.0 Å². The van der Waals surface area contributed by atoms with Crippen LogP contribution in [-0.4, -0.2) is 42.7 Å². The zero-order valence-corrected chi connectivity index (χ0v) is 22.6. The van der Waals surface area contributed by atoms with Gasteiger partial charge in [-0.3, -0.25) is 4.57 Å². The van der Waals surface area contributed by atoms with Crippen LogP contribution in [0, 0.1) is 6.07 Å². The van der Waals surface area contributed by atoms with Gasteiger partial charge in [-0.25, -0.2) is 0 Å². The molecule has 2 aromatic rings. The molecule has 0 unspecified atom stereocenters. The molecule has 0 spiro atoms. The molecule has 0 bridgehead atoms. The van der Waals surface area contributed by atoms with Gasteiger partial charge in [0.2, 0.25) is 5.75 Å². The van der Waals surface area contributed by atoms with Crippen LogP contribution in [0.4, 0.5) is 0 Å². The summed E-state index contributed by atoms with van der Waals surface area (Å²) in [6.07, 6.45) is 4.21. The van der Waals surface area contributed by atoms with Crippen molar-refractivity contribution in [2.24, 2.45) is 0 Å². The van der Waals surface area contributed by atoms with E-state index in [4.69, 9.17) is 18.9 Å². The van der Waals surface area contributed by atoms with Crippen molar-refractivity contribution in [1.29, 1.82) is 0 Å². The van der Waals surface area contributed by atoms with Gasteiger partial charge in [-0.05, 0) is 30.5 Å². The summed E-state index contributed by atoms with van der Waals surface area (Å²) in [5.74, 6) is 2.66. The number of allylic oxidation sites excluding steroid dienone is 1. The molecule has 0 N–H and O–H groups in total. The third-order valence-electron chi connectivity index (χ3n) is 4.59. The third kappa shape index (κ3) is 7.06. The Bertz CT molecular complexity index is 884. The van der Waals surface area contributed by atoms with E-state index in [0.29, 0.717) is 17.2 Å². The maximum absolute atomic E-state index is 9.92. The Hall–Kier alpha value is -1.37. The van der Waals surface area contributed by atoms with Crippen LogP contribution in [0.25, 0.3) is 5.57 Å². The van der Waals surface area contributed by atoms with Crippen molar-refractivity contribution in [1.82, 2.24) is 0 Å². The molecule has 0 saturated carbocycles. The maximum atomic E-state index is 9.92. The van der Waals surface area contributed by atoms with Crippen LogP contribution in [0.3, 0.4) is 0 Å². The van der Waals surface area contributed by atoms with Crippen molar-refractivity contribution >= 4 is 13.8 Å². The summed E-state index contributed by atoms with van der Waals surface area (Å²) in [6, 6.07) is 11.2. The standard InChI is InChI=1S/C20H21O4.C2H7O3P.Y/c1-21-15-8-9-17-13(10-15)6-5-7-16(17)14-11-18(22-2)20(24-4)19(12-14)23-3;1-4-6(3)5-2;/h7,9-12H,5-6H2,1-4H3;6H,1-2H3;/q-1;;. The van der Waals surface area contributed by atoms with Crippen LogP contribution in [0.2, 0.25) is 0 Å². The van der Waals surface area contributed by atoms with E-state index in [0.717, 1.165) is 35.3 Å². The smallest absolute Gasteiger partial charge is 0.318 e. The quantitative estimate of drug-likeness (QED) is 0.389. The molecule has 7 nitrogen and oxygen atoms in total. The first-order valence-electron chi connectivity index (χ1n) is 9.24. The van der Waals surface area contributed by atoms with Gasteiger partial charge in [0, 0.05) is 52.7 Å². The van der Waals surface area contributed by atoms with Crippen LogP contribution in [0.1, 0.15) is 23.1 Å². The first-order valence-corrected chi connectivity index (χ1v) is 10.5. The summed E-state index contributed by atoms with van der Waals surface area (Å²) in [5, 5.41) is 0. The van der Waals surface area contributed by atoms with Gasteiger partial charge in [-0.1, -0.05) is 11.6 Å². The molecule has 0 aliphatic heterocycles. The Balaban J connectivity index is 0.000000607. The van der Waals surface area contributed by atoms with Gasteiger partial charge in [0.05, 0.1) is 28.4 Å². The second-order valence-corrected chi connectivity index (χ2v) is 7.49. The number of hydrogen-bond acceptors (Lipinski definition) is 7. The summed E-state index contributed by atoms with van der Waals surface area (Å²) >= 11 is 0. The van der Waals surface area contributed by atoms with E-state index in [-0.39, 0.29) is 32.7 Å². The van der Waals surface area contributed by atoms with Crippen molar-refractivity contribution in [3.8, 4) is 23.0 Å². The summed E-state index contributed by atoms with van der Waals surface area (Å²) < 4.78 is 40.0. The van der Waals surface area contributed by atoms with E-state index in [1.165, 1.54) is 19.8 Å². The van der Waals surface area contributed by atoms with Gasteiger partial charge < -0.3 is 28.0 Å². The summed E-state index contributed by atoms with van der Waals surface area (Å²) in [4.78, 5) is 0. The minimum absolute atomic E-state index is 0. The van der Waals surface area contributed by atoms with E-state index in [1.807, 2.05) is 18.2 Å². The van der Waals surface area contributed by atoms with Gasteiger partial charge >= 0.3 is 8.25 Å². The van der Waals surface area contributed by atoms with E-state index in [9.17, 15) is 4.57 Å². The Morgan fingerprint density at radius 2 is 1.48 bits per heavy atom. The number of benzene rings is 2. The largest absolute Gasteiger partial charge is 0.523 e. The van der Waals surface area contributed by atoms with Crippen molar-refractivity contribution in [2.45, 2.75) is 12.8 Å². The SMILES string of the molecule is CO[PH](=O)OC.COc1[c-]cc2c(c1)CCC=C2c1cc(OC)c(OC)c(OC)c1.[Y]. The fourth-order valence-corrected chi connectivity index (χ4v) is 3.33. The molecule has 0 fully saturated rings. The Morgan fingerprint density at radius 3 is 1.94 bits per heavy atom. The number of rotatable bonds is 7. The Kier molecular flexibility index (Phi) is 12.4. The first kappa shape index (κ1) is 27.7. The monoisotopic (exact) mass is 524 g/mol. The normalized spacial score (nSPS) is 11.9. The van der Waals surface area contributed by atoms with Gasteiger partial charge in [0.1, 0.15) is 0 Å². The molecular weight excluding hydrogens is 496 g/mol. The first-order chi connectivity index (χ1) is 14.5. The zero-order chi connectivity index (χ0) is 22.1. The summed E-state index contributed by atoms with van der Waals surface area (Å²) in [7, 11) is 7.08. The van der Waals surface area contributed by atoms with Crippen molar-refractivity contribution < 1.29 is 65.3 Å². The average Bonchev–Trinajstić information content (AvgIpc) is 2.81. The van der Waals surface area contributed by atoms with Gasteiger partial charge in [0.25, 0.3) is 0 Å². The summed E-state index contributed by atoms with van der Waals surface area (Å²) in [5.41, 5.74) is 4.60. The average molecular weight is 524 g/mol. The minimum atomic E-state index is -2.12. The molecular formula is C22H28O7PY-. The molecule has 9 heteroatoms. The Morgan fingerprint density at radius 1 is 0.871 bits per heavy atom. The zero-order valence-electron chi connectivity index (χ0n) is 18.7. The van der Waals surface area contributed by atoms with Crippen molar-refractivity contribution in [3.05, 3.63) is 53.1 Å². The van der Waals surface area contributed by atoms with E-state index in [1.54, 1.807) is 28.4 Å². The fraction of sp³-hybridized carbons (Fsp3) is 0.364.